The van der Waals surface area contributed by atoms with Crippen LogP contribution in [0.5, 0.6) is 0 Å². The highest BCUT2D eigenvalue weighted by Gasteiger charge is 2.40. The van der Waals surface area contributed by atoms with Gasteiger partial charge in [0.25, 0.3) is 0 Å². The fourth-order valence-corrected chi connectivity index (χ4v) is 4.43. The highest BCUT2D eigenvalue weighted by Crippen LogP contribution is 2.31. The zero-order chi connectivity index (χ0) is 23.0. The van der Waals surface area contributed by atoms with Crippen LogP contribution in [0, 0.1) is 0 Å². The number of likely N-dealkylation sites (tertiary alicyclic amines) is 1. The van der Waals surface area contributed by atoms with Crippen molar-refractivity contribution in [3.63, 3.8) is 0 Å². The van der Waals surface area contributed by atoms with E-state index >= 15 is 0 Å². The zero-order valence-corrected chi connectivity index (χ0v) is 18.8. The van der Waals surface area contributed by atoms with Gasteiger partial charge in [0, 0.05) is 13.0 Å². The molecular weight excluding hydrogens is 414 g/mol. The smallest absolute Gasteiger partial charge is 0.328 e. The van der Waals surface area contributed by atoms with Crippen molar-refractivity contribution < 1.29 is 19.1 Å². The first kappa shape index (κ1) is 22.7. The Morgan fingerprint density at radius 2 is 1.42 bits per heavy atom. The molecule has 1 heterocycles. The number of amides is 1. The molecule has 3 aromatic carbocycles. The first-order chi connectivity index (χ1) is 16.2. The molecule has 0 aromatic heterocycles. The van der Waals surface area contributed by atoms with Gasteiger partial charge in [-0.15, -0.1) is 0 Å². The minimum absolute atomic E-state index is 0.0932. The average Bonchev–Trinajstić information content (AvgIpc) is 2.89. The van der Waals surface area contributed by atoms with E-state index in [0.29, 0.717) is 26.0 Å². The van der Waals surface area contributed by atoms with E-state index in [9.17, 15) is 9.59 Å². The molecule has 0 N–H and O–H groups in total. The molecule has 2 unspecified atom stereocenters. The second-order valence-electron chi connectivity index (χ2n) is 8.27. The number of methoxy groups -OCH3 is 1. The number of carbonyl (C=O) groups excluding carboxylic acids is 2. The fraction of sp³-hybridized carbons (Fsp3) is 0.286. The number of nitrogens with zero attached hydrogens (tertiary/aromatic N) is 1. The molecule has 5 heteroatoms. The first-order valence-corrected chi connectivity index (χ1v) is 11.3. The summed E-state index contributed by atoms with van der Waals surface area (Å²) in [6.45, 7) is 0.915. The summed E-state index contributed by atoms with van der Waals surface area (Å²) in [5.74, 6) is -0.984. The molecule has 1 amide bonds. The molecule has 1 fully saturated rings. The van der Waals surface area contributed by atoms with Gasteiger partial charge in [0.15, 0.2) is 0 Å². The lowest BCUT2D eigenvalue weighted by molar-refractivity contribution is -0.158. The number of ether oxygens (including phenoxy) is 2. The Labute approximate surface area is 194 Å². The minimum Gasteiger partial charge on any atom is -0.467 e. The van der Waals surface area contributed by atoms with Crippen molar-refractivity contribution in [3.05, 3.63) is 108 Å². The maximum atomic E-state index is 13.9. The molecule has 2 atom stereocenters. The molecule has 3 aromatic rings. The third-order valence-electron chi connectivity index (χ3n) is 6.15. The Hall–Kier alpha value is -3.44. The van der Waals surface area contributed by atoms with Crippen LogP contribution in [0.3, 0.4) is 0 Å². The second kappa shape index (κ2) is 10.9. The lowest BCUT2D eigenvalue weighted by Crippen LogP contribution is -2.53. The molecule has 170 valence electrons. The zero-order valence-electron chi connectivity index (χ0n) is 18.8. The number of esters is 1. The SMILES string of the molecule is COC(=O)C1CC(OCc2ccccc2)CCN1C(=O)C(c1ccccc1)c1ccccc1. The van der Waals surface area contributed by atoms with E-state index in [1.165, 1.54) is 7.11 Å². The second-order valence-corrected chi connectivity index (χ2v) is 8.27. The Kier molecular flexibility index (Phi) is 7.53. The summed E-state index contributed by atoms with van der Waals surface area (Å²) in [4.78, 5) is 28.3. The average molecular weight is 444 g/mol. The predicted molar refractivity (Wildman–Crippen MR) is 126 cm³/mol. The van der Waals surface area contributed by atoms with Gasteiger partial charge in [-0.3, -0.25) is 4.79 Å². The van der Waals surface area contributed by atoms with Gasteiger partial charge in [0.2, 0.25) is 5.91 Å². The molecule has 0 saturated carbocycles. The summed E-state index contributed by atoms with van der Waals surface area (Å²) in [5.41, 5.74) is 2.89. The van der Waals surface area contributed by atoms with Crippen molar-refractivity contribution in [2.75, 3.05) is 13.7 Å². The van der Waals surface area contributed by atoms with Crippen LogP contribution in [0.4, 0.5) is 0 Å². The summed E-state index contributed by atoms with van der Waals surface area (Å²) in [5, 5.41) is 0. The molecule has 0 radical (unpaired) electrons. The van der Waals surface area contributed by atoms with Crippen LogP contribution in [0.25, 0.3) is 0 Å². The van der Waals surface area contributed by atoms with E-state index in [2.05, 4.69) is 0 Å². The summed E-state index contributed by atoms with van der Waals surface area (Å²) >= 11 is 0. The Balaban J connectivity index is 1.55. The maximum absolute atomic E-state index is 13.9. The number of carbonyl (C=O) groups is 2. The molecule has 4 rings (SSSR count). The van der Waals surface area contributed by atoms with Gasteiger partial charge in [-0.1, -0.05) is 91.0 Å². The molecule has 0 aliphatic carbocycles. The van der Waals surface area contributed by atoms with Gasteiger partial charge in [0.1, 0.15) is 6.04 Å². The van der Waals surface area contributed by atoms with Crippen molar-refractivity contribution >= 4 is 11.9 Å². The predicted octanol–water partition coefficient (Wildman–Crippen LogP) is 4.57. The number of benzene rings is 3. The third-order valence-corrected chi connectivity index (χ3v) is 6.15. The van der Waals surface area contributed by atoms with Gasteiger partial charge in [0.05, 0.1) is 25.7 Å². The van der Waals surface area contributed by atoms with Crippen LogP contribution in [0.2, 0.25) is 0 Å². The first-order valence-electron chi connectivity index (χ1n) is 11.3. The third kappa shape index (κ3) is 5.49. The van der Waals surface area contributed by atoms with Crippen molar-refractivity contribution in [1.29, 1.82) is 0 Å². The van der Waals surface area contributed by atoms with Crippen molar-refractivity contribution in [3.8, 4) is 0 Å². The van der Waals surface area contributed by atoms with Crippen molar-refractivity contribution in [1.82, 2.24) is 4.90 Å². The van der Waals surface area contributed by atoms with Crippen LogP contribution < -0.4 is 0 Å². The van der Waals surface area contributed by atoms with Gasteiger partial charge >= 0.3 is 5.97 Å². The van der Waals surface area contributed by atoms with Gasteiger partial charge in [-0.2, -0.15) is 0 Å². The van der Waals surface area contributed by atoms with Crippen LogP contribution in [0.15, 0.2) is 91.0 Å². The monoisotopic (exact) mass is 443 g/mol. The Bertz CT molecular complexity index is 1000. The van der Waals surface area contributed by atoms with E-state index < -0.39 is 17.9 Å². The lowest BCUT2D eigenvalue weighted by Gasteiger charge is -2.39. The summed E-state index contributed by atoms with van der Waals surface area (Å²) in [6.07, 6.45) is 0.967. The van der Waals surface area contributed by atoms with Crippen LogP contribution in [-0.2, 0) is 25.7 Å². The fourth-order valence-electron chi connectivity index (χ4n) is 4.43. The van der Waals surface area contributed by atoms with E-state index in [4.69, 9.17) is 9.47 Å². The molecule has 1 saturated heterocycles. The lowest BCUT2D eigenvalue weighted by atomic mass is 9.88. The van der Waals surface area contributed by atoms with Gasteiger partial charge in [-0.05, 0) is 23.1 Å². The van der Waals surface area contributed by atoms with E-state index in [1.54, 1.807) is 4.90 Å². The summed E-state index contributed by atoms with van der Waals surface area (Å²) in [7, 11) is 1.37. The highest BCUT2D eigenvalue weighted by atomic mass is 16.5. The number of hydrogen-bond acceptors (Lipinski definition) is 4. The van der Waals surface area contributed by atoms with Crippen LogP contribution in [0.1, 0.15) is 35.4 Å². The summed E-state index contributed by atoms with van der Waals surface area (Å²) < 4.78 is 11.2. The number of rotatable bonds is 7. The Morgan fingerprint density at radius 3 is 1.97 bits per heavy atom. The Morgan fingerprint density at radius 1 is 0.879 bits per heavy atom. The molecule has 0 bridgehead atoms. The van der Waals surface area contributed by atoms with Crippen molar-refractivity contribution in [2.24, 2.45) is 0 Å². The van der Waals surface area contributed by atoms with E-state index in [-0.39, 0.29) is 12.0 Å². The van der Waals surface area contributed by atoms with E-state index in [0.717, 1.165) is 16.7 Å². The summed E-state index contributed by atoms with van der Waals surface area (Å²) in [6, 6.07) is 28.7. The van der Waals surface area contributed by atoms with E-state index in [1.807, 2.05) is 91.0 Å². The largest absolute Gasteiger partial charge is 0.467 e. The minimum atomic E-state index is -0.674. The molecule has 1 aliphatic rings. The number of piperidine rings is 1. The molecule has 1 aliphatic heterocycles. The number of hydrogen-bond donors (Lipinski definition) is 0. The van der Waals surface area contributed by atoms with Crippen LogP contribution in [-0.4, -0.2) is 42.6 Å². The maximum Gasteiger partial charge on any atom is 0.328 e. The van der Waals surface area contributed by atoms with Crippen LogP contribution >= 0.6 is 0 Å². The normalized spacial score (nSPS) is 18.2. The molecule has 0 spiro atoms. The molecule has 5 nitrogen and oxygen atoms in total. The standard InChI is InChI=1S/C28H29NO4/c1-32-28(31)25-19-24(33-20-21-11-5-2-6-12-21)17-18-29(25)27(30)26(22-13-7-3-8-14-22)23-15-9-4-10-16-23/h2-16,24-26H,17-20H2,1H3. The van der Waals surface area contributed by atoms with Gasteiger partial charge < -0.3 is 14.4 Å². The van der Waals surface area contributed by atoms with Crippen molar-refractivity contribution in [2.45, 2.75) is 37.5 Å². The molecule has 33 heavy (non-hydrogen) atoms. The quantitative estimate of drug-likeness (QED) is 0.502. The highest BCUT2D eigenvalue weighted by molar-refractivity contribution is 5.91. The molecular formula is C28H29NO4. The van der Waals surface area contributed by atoms with Gasteiger partial charge in [-0.25, -0.2) is 4.79 Å². The topological polar surface area (TPSA) is 55.8 Å².